The van der Waals surface area contributed by atoms with Gasteiger partial charge in [-0.15, -0.1) is 0 Å². The first-order valence-electron chi connectivity index (χ1n) is 5.59. The molecule has 0 fully saturated rings. The maximum Gasteiger partial charge on any atom is 0.443 e. The van der Waals surface area contributed by atoms with Crippen LogP contribution in [-0.4, -0.2) is 45.1 Å². The van der Waals surface area contributed by atoms with Crippen LogP contribution in [0.3, 0.4) is 0 Å². The SMILES string of the molecule is N[C@@H](Cc1ccc(OC(F)(C(=O)O)C(=O)O)cc1)C(=O)O. The third kappa shape index (κ3) is 3.89. The molecule has 8 nitrogen and oxygen atoms in total. The molecule has 0 aliphatic heterocycles. The lowest BCUT2D eigenvalue weighted by molar-refractivity contribution is -0.191. The van der Waals surface area contributed by atoms with Gasteiger partial charge in [-0.05, 0) is 24.1 Å². The number of carboxylic acid groups (broad SMARTS) is 3. The molecule has 1 aromatic rings. The van der Waals surface area contributed by atoms with E-state index in [0.29, 0.717) is 5.56 Å². The number of hydrogen-bond donors (Lipinski definition) is 4. The van der Waals surface area contributed by atoms with E-state index < -0.39 is 29.8 Å². The number of halogens is 1. The summed E-state index contributed by atoms with van der Waals surface area (Å²) < 4.78 is 17.9. The summed E-state index contributed by atoms with van der Waals surface area (Å²) >= 11 is 0. The Bertz CT molecular complexity index is 543. The van der Waals surface area contributed by atoms with E-state index >= 15 is 0 Å². The van der Waals surface area contributed by atoms with Crippen LogP contribution >= 0.6 is 0 Å². The molecule has 0 spiro atoms. The number of hydrogen-bond acceptors (Lipinski definition) is 5. The number of ether oxygens (including phenoxy) is 1. The van der Waals surface area contributed by atoms with Crippen LogP contribution in [0.4, 0.5) is 4.39 Å². The largest absolute Gasteiger partial charge is 0.480 e. The van der Waals surface area contributed by atoms with Crippen LogP contribution in [0.1, 0.15) is 5.56 Å². The van der Waals surface area contributed by atoms with Gasteiger partial charge in [0.2, 0.25) is 0 Å². The first-order chi connectivity index (χ1) is 9.66. The molecule has 0 heterocycles. The molecule has 0 radical (unpaired) electrons. The van der Waals surface area contributed by atoms with Crippen LogP contribution in [0.5, 0.6) is 5.75 Å². The molecule has 9 heteroatoms. The van der Waals surface area contributed by atoms with Gasteiger partial charge in [0.1, 0.15) is 11.8 Å². The van der Waals surface area contributed by atoms with Crippen LogP contribution < -0.4 is 10.5 Å². The smallest absolute Gasteiger partial charge is 0.443 e. The molecule has 21 heavy (non-hydrogen) atoms. The second-order valence-corrected chi connectivity index (χ2v) is 4.10. The molecule has 0 saturated carbocycles. The predicted octanol–water partition coefficient (Wildman–Crippen LogP) is -0.145. The van der Waals surface area contributed by atoms with Crippen molar-refractivity contribution >= 4 is 17.9 Å². The topological polar surface area (TPSA) is 147 Å². The first kappa shape index (κ1) is 16.4. The Labute approximate surface area is 117 Å². The summed E-state index contributed by atoms with van der Waals surface area (Å²) in [5.74, 6) is -10.0. The molecular formula is C12H12FNO7. The van der Waals surface area contributed by atoms with E-state index in [1.165, 1.54) is 12.1 Å². The summed E-state index contributed by atoms with van der Waals surface area (Å²) in [7, 11) is 0. The second kappa shape index (κ2) is 6.18. The molecule has 0 bridgehead atoms. The summed E-state index contributed by atoms with van der Waals surface area (Å²) in [4.78, 5) is 31.8. The first-order valence-corrected chi connectivity index (χ1v) is 5.59. The van der Waals surface area contributed by atoms with Gasteiger partial charge in [-0.25, -0.2) is 9.59 Å². The van der Waals surface area contributed by atoms with Gasteiger partial charge in [-0.2, -0.15) is 4.39 Å². The maximum atomic E-state index is 13.6. The van der Waals surface area contributed by atoms with E-state index in [1.54, 1.807) is 0 Å². The lowest BCUT2D eigenvalue weighted by Gasteiger charge is -2.17. The average molecular weight is 301 g/mol. The van der Waals surface area contributed by atoms with Gasteiger partial charge in [0, 0.05) is 0 Å². The zero-order chi connectivity index (χ0) is 16.2. The van der Waals surface area contributed by atoms with Crippen molar-refractivity contribution in [1.29, 1.82) is 0 Å². The molecule has 0 amide bonds. The molecule has 0 unspecified atom stereocenters. The highest BCUT2D eigenvalue weighted by Crippen LogP contribution is 2.22. The highest BCUT2D eigenvalue weighted by molar-refractivity contribution is 6.00. The van der Waals surface area contributed by atoms with Crippen molar-refractivity contribution in [2.24, 2.45) is 5.73 Å². The Morgan fingerprint density at radius 3 is 2.00 bits per heavy atom. The van der Waals surface area contributed by atoms with E-state index in [0.717, 1.165) is 12.1 Å². The van der Waals surface area contributed by atoms with Crippen molar-refractivity contribution in [2.45, 2.75) is 18.3 Å². The van der Waals surface area contributed by atoms with Gasteiger partial charge >= 0.3 is 23.8 Å². The van der Waals surface area contributed by atoms with Gasteiger partial charge < -0.3 is 25.8 Å². The highest BCUT2D eigenvalue weighted by Gasteiger charge is 2.50. The van der Waals surface area contributed by atoms with Crippen LogP contribution in [-0.2, 0) is 20.8 Å². The van der Waals surface area contributed by atoms with Crippen molar-refractivity contribution in [3.63, 3.8) is 0 Å². The second-order valence-electron chi connectivity index (χ2n) is 4.10. The summed E-state index contributed by atoms with van der Waals surface area (Å²) in [5.41, 5.74) is 5.80. The molecule has 0 saturated heterocycles. The number of aliphatic carboxylic acids is 3. The Morgan fingerprint density at radius 1 is 1.14 bits per heavy atom. The molecule has 1 aromatic carbocycles. The van der Waals surface area contributed by atoms with Gasteiger partial charge in [0.25, 0.3) is 0 Å². The molecule has 0 aromatic heterocycles. The Morgan fingerprint density at radius 2 is 1.62 bits per heavy atom. The van der Waals surface area contributed by atoms with E-state index in [1.807, 2.05) is 0 Å². The highest BCUT2D eigenvalue weighted by atomic mass is 19.2. The van der Waals surface area contributed by atoms with Crippen molar-refractivity contribution in [2.75, 3.05) is 0 Å². The number of carboxylic acids is 3. The van der Waals surface area contributed by atoms with E-state index in [9.17, 15) is 18.8 Å². The molecular weight excluding hydrogens is 289 g/mol. The summed E-state index contributed by atoms with van der Waals surface area (Å²) in [5, 5.41) is 25.7. The Hall–Kier alpha value is -2.68. The zero-order valence-electron chi connectivity index (χ0n) is 10.5. The fourth-order valence-electron chi connectivity index (χ4n) is 1.38. The summed E-state index contributed by atoms with van der Waals surface area (Å²) in [6, 6.07) is 3.74. The monoisotopic (exact) mass is 301 g/mol. The van der Waals surface area contributed by atoms with Crippen molar-refractivity contribution in [3.8, 4) is 5.75 Å². The van der Waals surface area contributed by atoms with E-state index in [-0.39, 0.29) is 12.2 Å². The average Bonchev–Trinajstić information content (AvgIpc) is 2.40. The minimum Gasteiger partial charge on any atom is -0.480 e. The minimum atomic E-state index is -3.90. The van der Waals surface area contributed by atoms with Crippen molar-refractivity contribution in [1.82, 2.24) is 0 Å². The number of nitrogens with two attached hydrogens (primary N) is 1. The Kier molecular flexibility index (Phi) is 4.82. The van der Waals surface area contributed by atoms with Gasteiger partial charge in [0.05, 0.1) is 0 Å². The molecule has 1 rings (SSSR count). The van der Waals surface area contributed by atoms with Crippen LogP contribution in [0.15, 0.2) is 24.3 Å². The minimum absolute atomic E-state index is 0.00571. The van der Waals surface area contributed by atoms with Gasteiger partial charge in [-0.1, -0.05) is 12.1 Å². The van der Waals surface area contributed by atoms with Crippen LogP contribution in [0.2, 0.25) is 0 Å². The van der Waals surface area contributed by atoms with Crippen molar-refractivity contribution < 1.29 is 38.8 Å². The Balaban J connectivity index is 2.86. The van der Waals surface area contributed by atoms with Gasteiger partial charge in [-0.3, -0.25) is 4.79 Å². The number of alkyl halides is 1. The van der Waals surface area contributed by atoms with Crippen LogP contribution in [0, 0.1) is 0 Å². The normalized spacial score (nSPS) is 12.5. The molecule has 114 valence electrons. The van der Waals surface area contributed by atoms with Gasteiger partial charge in [0.15, 0.2) is 0 Å². The third-order valence-corrected chi connectivity index (χ3v) is 2.50. The fourth-order valence-corrected chi connectivity index (χ4v) is 1.38. The van der Waals surface area contributed by atoms with E-state index in [2.05, 4.69) is 4.74 Å². The third-order valence-electron chi connectivity index (χ3n) is 2.50. The number of carbonyl (C=O) groups is 3. The standard InChI is InChI=1S/C12H12FNO7/c13-12(10(17)18,11(19)20)21-7-3-1-6(2-4-7)5-8(14)9(15)16/h1-4,8H,5,14H2,(H,15,16)(H,17,18)(H,19,20)/t8-/m0/s1. The van der Waals surface area contributed by atoms with Crippen molar-refractivity contribution in [3.05, 3.63) is 29.8 Å². The quantitative estimate of drug-likeness (QED) is 0.508. The lowest BCUT2D eigenvalue weighted by atomic mass is 10.1. The van der Waals surface area contributed by atoms with E-state index in [4.69, 9.17) is 21.1 Å². The predicted molar refractivity (Wildman–Crippen MR) is 65.5 cm³/mol. The molecule has 1 atom stereocenters. The maximum absolute atomic E-state index is 13.6. The fraction of sp³-hybridized carbons (Fsp3) is 0.250. The van der Waals surface area contributed by atoms with Crippen LogP contribution in [0.25, 0.3) is 0 Å². The summed E-state index contributed by atoms with van der Waals surface area (Å²) in [6.07, 6.45) is -0.00571. The number of rotatable bonds is 7. The summed E-state index contributed by atoms with van der Waals surface area (Å²) in [6.45, 7) is 0. The zero-order valence-corrected chi connectivity index (χ0v) is 10.5. The molecule has 5 N–H and O–H groups in total. The lowest BCUT2D eigenvalue weighted by Crippen LogP contribution is -2.47. The molecule has 0 aliphatic carbocycles. The number of benzene rings is 1. The molecule has 0 aliphatic rings.